The van der Waals surface area contributed by atoms with E-state index in [1.54, 1.807) is 12.3 Å². The van der Waals surface area contributed by atoms with Crippen LogP contribution in [0.25, 0.3) is 10.9 Å². The quantitative estimate of drug-likeness (QED) is 0.910. The predicted molar refractivity (Wildman–Crippen MR) is 71.3 cm³/mol. The summed E-state index contributed by atoms with van der Waals surface area (Å²) in [5.41, 5.74) is 1.20. The van der Waals surface area contributed by atoms with Crippen LogP contribution in [0.5, 0.6) is 0 Å². The van der Waals surface area contributed by atoms with Crippen molar-refractivity contribution >= 4 is 16.8 Å². The fraction of sp³-hybridized carbons (Fsp3) is 0.267. The maximum absolute atomic E-state index is 12.3. The summed E-state index contributed by atoms with van der Waals surface area (Å²) in [5.74, 6) is 0.0969. The Bertz CT molecular complexity index is 665. The van der Waals surface area contributed by atoms with E-state index in [0.717, 1.165) is 18.2 Å². The maximum atomic E-state index is 12.3. The predicted octanol–water partition coefficient (Wildman–Crippen LogP) is 2.27. The number of nitrogens with zero attached hydrogens (tertiary/aromatic N) is 2. The van der Waals surface area contributed by atoms with E-state index < -0.39 is 0 Å². The summed E-state index contributed by atoms with van der Waals surface area (Å²) >= 11 is 0. The summed E-state index contributed by atoms with van der Waals surface area (Å²) in [7, 11) is 0. The van der Waals surface area contributed by atoms with Gasteiger partial charge in [0.2, 0.25) is 0 Å². The Hall–Kier alpha value is -2.41. The van der Waals surface area contributed by atoms with Gasteiger partial charge in [0, 0.05) is 11.6 Å². The van der Waals surface area contributed by atoms with E-state index in [1.807, 2.05) is 24.3 Å². The number of hydrogen-bond donors (Lipinski definition) is 1. The van der Waals surface area contributed by atoms with Gasteiger partial charge in [-0.2, -0.15) is 5.26 Å². The summed E-state index contributed by atoms with van der Waals surface area (Å²) < 4.78 is 0. The molecule has 0 bridgehead atoms. The molecule has 4 nitrogen and oxygen atoms in total. The Morgan fingerprint density at radius 2 is 2.16 bits per heavy atom. The number of fused-ring (bicyclic) bond motifs is 1. The zero-order chi connectivity index (χ0) is 13.2. The molecule has 4 heteroatoms. The monoisotopic (exact) mass is 251 g/mol. The van der Waals surface area contributed by atoms with Crippen molar-refractivity contribution in [2.24, 2.45) is 5.92 Å². The molecule has 1 N–H and O–H groups in total. The van der Waals surface area contributed by atoms with Gasteiger partial charge >= 0.3 is 0 Å². The van der Waals surface area contributed by atoms with Crippen molar-refractivity contribution in [2.45, 2.75) is 18.9 Å². The molecular formula is C15H13N3O. The lowest BCUT2D eigenvalue weighted by Crippen LogP contribution is -2.35. The van der Waals surface area contributed by atoms with Gasteiger partial charge in [0.05, 0.1) is 17.1 Å². The minimum absolute atomic E-state index is 0.220. The number of amides is 1. The second-order valence-electron chi connectivity index (χ2n) is 4.80. The van der Waals surface area contributed by atoms with Gasteiger partial charge in [0.25, 0.3) is 5.91 Å². The van der Waals surface area contributed by atoms with Crippen molar-refractivity contribution in [1.29, 1.82) is 5.26 Å². The number of nitrogens with one attached hydrogen (secondary N) is 1. The molecule has 1 fully saturated rings. The first-order valence-corrected chi connectivity index (χ1v) is 6.34. The van der Waals surface area contributed by atoms with Crippen LogP contribution in [-0.2, 0) is 0 Å². The van der Waals surface area contributed by atoms with E-state index in [4.69, 9.17) is 5.26 Å². The number of benzene rings is 1. The van der Waals surface area contributed by atoms with Crippen LogP contribution in [0.4, 0.5) is 0 Å². The van der Waals surface area contributed by atoms with Gasteiger partial charge in [0.15, 0.2) is 0 Å². The first-order chi connectivity index (χ1) is 9.29. The third kappa shape index (κ3) is 2.27. The number of aromatic nitrogens is 1. The highest BCUT2D eigenvalue weighted by Gasteiger charge is 2.32. The highest BCUT2D eigenvalue weighted by atomic mass is 16.1. The molecule has 0 saturated heterocycles. The second kappa shape index (κ2) is 4.69. The minimum atomic E-state index is -0.383. The molecule has 1 aliphatic carbocycles. The van der Waals surface area contributed by atoms with Crippen LogP contribution in [0.1, 0.15) is 23.2 Å². The number of pyridine rings is 1. The van der Waals surface area contributed by atoms with Gasteiger partial charge in [-0.15, -0.1) is 0 Å². The molecule has 3 rings (SSSR count). The van der Waals surface area contributed by atoms with E-state index in [9.17, 15) is 4.79 Å². The lowest BCUT2D eigenvalue weighted by atomic mass is 10.1. The molecule has 1 heterocycles. The van der Waals surface area contributed by atoms with Gasteiger partial charge in [-0.25, -0.2) is 0 Å². The molecule has 19 heavy (non-hydrogen) atoms. The summed E-state index contributed by atoms with van der Waals surface area (Å²) in [4.78, 5) is 16.5. The van der Waals surface area contributed by atoms with E-state index in [0.29, 0.717) is 17.0 Å². The first kappa shape index (κ1) is 11.7. The van der Waals surface area contributed by atoms with Gasteiger partial charge < -0.3 is 5.32 Å². The number of para-hydroxylation sites is 1. The van der Waals surface area contributed by atoms with Crippen LogP contribution < -0.4 is 5.32 Å². The lowest BCUT2D eigenvalue weighted by Gasteiger charge is -2.11. The van der Waals surface area contributed by atoms with E-state index in [-0.39, 0.29) is 11.9 Å². The van der Waals surface area contributed by atoms with Gasteiger partial charge in [0.1, 0.15) is 6.04 Å². The lowest BCUT2D eigenvalue weighted by molar-refractivity contribution is 0.0943. The van der Waals surface area contributed by atoms with Crippen LogP contribution in [0, 0.1) is 17.2 Å². The molecule has 1 aromatic carbocycles. The third-order valence-corrected chi connectivity index (χ3v) is 3.40. The zero-order valence-electron chi connectivity index (χ0n) is 10.3. The average Bonchev–Trinajstić information content (AvgIpc) is 3.28. The molecule has 1 aliphatic rings. The Labute approximate surface area is 111 Å². The van der Waals surface area contributed by atoms with Crippen molar-refractivity contribution < 1.29 is 4.79 Å². The molecule has 1 unspecified atom stereocenters. The molecule has 0 aliphatic heterocycles. The Balaban J connectivity index is 1.91. The number of hydrogen-bond acceptors (Lipinski definition) is 3. The van der Waals surface area contributed by atoms with Crippen molar-refractivity contribution in [2.75, 3.05) is 0 Å². The number of carbonyl (C=O) groups excluding carboxylic acids is 1. The molecule has 94 valence electrons. The summed E-state index contributed by atoms with van der Waals surface area (Å²) in [6, 6.07) is 11.0. The molecule has 0 spiro atoms. The zero-order valence-corrected chi connectivity index (χ0v) is 10.3. The normalized spacial score (nSPS) is 15.7. The molecule has 1 amide bonds. The Morgan fingerprint density at radius 3 is 2.89 bits per heavy atom. The molecular weight excluding hydrogens is 238 g/mol. The van der Waals surface area contributed by atoms with Crippen LogP contribution in [0.2, 0.25) is 0 Å². The fourth-order valence-corrected chi connectivity index (χ4v) is 2.19. The Kier molecular flexibility index (Phi) is 2.88. The number of carbonyl (C=O) groups is 1. The standard InChI is InChI=1S/C15H13N3O/c16-9-13(10-6-7-10)18-15(19)12-5-1-3-11-4-2-8-17-14(11)12/h1-5,8,10,13H,6-7H2,(H,18,19). The van der Waals surface area contributed by atoms with Crippen LogP contribution >= 0.6 is 0 Å². The highest BCUT2D eigenvalue weighted by Crippen LogP contribution is 2.32. The smallest absolute Gasteiger partial charge is 0.254 e. The number of rotatable bonds is 3. The molecule has 0 radical (unpaired) electrons. The Morgan fingerprint density at radius 1 is 1.37 bits per heavy atom. The third-order valence-electron chi connectivity index (χ3n) is 3.40. The van der Waals surface area contributed by atoms with E-state index in [1.165, 1.54) is 0 Å². The van der Waals surface area contributed by atoms with E-state index in [2.05, 4.69) is 16.4 Å². The SMILES string of the molecule is N#CC(NC(=O)c1cccc2cccnc12)C1CC1. The summed E-state index contributed by atoms with van der Waals surface area (Å²) in [6.45, 7) is 0. The van der Waals surface area contributed by atoms with Crippen LogP contribution in [0.15, 0.2) is 36.5 Å². The van der Waals surface area contributed by atoms with Crippen molar-refractivity contribution in [3.05, 3.63) is 42.1 Å². The van der Waals surface area contributed by atoms with Gasteiger partial charge in [-0.05, 0) is 30.9 Å². The van der Waals surface area contributed by atoms with Gasteiger partial charge in [-0.1, -0.05) is 18.2 Å². The molecule has 1 saturated carbocycles. The molecule has 1 aromatic heterocycles. The minimum Gasteiger partial charge on any atom is -0.336 e. The molecule has 1 atom stereocenters. The number of nitriles is 1. The summed E-state index contributed by atoms with van der Waals surface area (Å²) in [5, 5.41) is 12.8. The second-order valence-corrected chi connectivity index (χ2v) is 4.80. The van der Waals surface area contributed by atoms with Gasteiger partial charge in [-0.3, -0.25) is 9.78 Å². The first-order valence-electron chi connectivity index (χ1n) is 6.34. The fourth-order valence-electron chi connectivity index (χ4n) is 2.19. The van der Waals surface area contributed by atoms with Crippen molar-refractivity contribution in [3.63, 3.8) is 0 Å². The highest BCUT2D eigenvalue weighted by molar-refractivity contribution is 6.05. The molecule has 2 aromatic rings. The van der Waals surface area contributed by atoms with Crippen molar-refractivity contribution in [1.82, 2.24) is 10.3 Å². The summed E-state index contributed by atoms with van der Waals surface area (Å²) in [6.07, 6.45) is 3.71. The largest absolute Gasteiger partial charge is 0.336 e. The van der Waals surface area contributed by atoms with Crippen LogP contribution in [0.3, 0.4) is 0 Å². The maximum Gasteiger partial charge on any atom is 0.254 e. The topological polar surface area (TPSA) is 65.8 Å². The van der Waals surface area contributed by atoms with Crippen molar-refractivity contribution in [3.8, 4) is 6.07 Å². The van der Waals surface area contributed by atoms with Crippen LogP contribution in [-0.4, -0.2) is 16.9 Å². The van der Waals surface area contributed by atoms with E-state index >= 15 is 0 Å². The average molecular weight is 251 g/mol.